The van der Waals surface area contributed by atoms with Crippen molar-refractivity contribution in [1.82, 2.24) is 0 Å². The Bertz CT molecular complexity index is 457. The number of para-hydroxylation sites is 1. The van der Waals surface area contributed by atoms with E-state index in [1.165, 1.54) is 7.11 Å². The van der Waals surface area contributed by atoms with Crippen LogP contribution in [0.15, 0.2) is 23.2 Å². The summed E-state index contributed by atoms with van der Waals surface area (Å²) < 4.78 is 5.30. The zero-order valence-corrected chi connectivity index (χ0v) is 12.0. The van der Waals surface area contributed by atoms with Gasteiger partial charge in [0.1, 0.15) is 5.75 Å². The summed E-state index contributed by atoms with van der Waals surface area (Å²) in [5.41, 5.74) is 11.8. The number of methoxy groups -OCH3 is 1. The fraction of sp³-hybridized carbons (Fsp3) is 0.385. The molecular formula is C13H20ClN3O2. The van der Waals surface area contributed by atoms with Gasteiger partial charge in [-0.1, -0.05) is 25.5 Å². The molecule has 0 bridgehead atoms. The summed E-state index contributed by atoms with van der Waals surface area (Å²) in [5.74, 6) is -0.174. The molecule has 106 valence electrons. The zero-order chi connectivity index (χ0) is 13.5. The van der Waals surface area contributed by atoms with Gasteiger partial charge in [0, 0.05) is 0 Å². The van der Waals surface area contributed by atoms with Gasteiger partial charge in [-0.2, -0.15) is 4.99 Å². The van der Waals surface area contributed by atoms with Crippen molar-refractivity contribution in [2.75, 3.05) is 7.11 Å². The molecule has 0 spiro atoms. The number of nitrogens with two attached hydrogens (primary N) is 2. The van der Waals surface area contributed by atoms with E-state index >= 15 is 0 Å². The number of rotatable bonds is 5. The highest BCUT2D eigenvalue weighted by atomic mass is 35.5. The Morgan fingerprint density at radius 1 is 1.37 bits per heavy atom. The summed E-state index contributed by atoms with van der Waals surface area (Å²) in [6.07, 6.45) is 2.98. The summed E-state index contributed by atoms with van der Waals surface area (Å²) in [6.45, 7) is 2.11. The van der Waals surface area contributed by atoms with Gasteiger partial charge < -0.3 is 16.2 Å². The van der Waals surface area contributed by atoms with Gasteiger partial charge in [-0.05, 0) is 24.5 Å². The van der Waals surface area contributed by atoms with Crippen LogP contribution in [0.25, 0.3) is 0 Å². The molecule has 0 fully saturated rings. The first-order valence-electron chi connectivity index (χ1n) is 5.90. The highest BCUT2D eigenvalue weighted by Gasteiger charge is 2.14. The lowest BCUT2D eigenvalue weighted by Crippen LogP contribution is -2.24. The number of nitrogens with zero attached hydrogens (tertiary/aromatic N) is 1. The molecule has 0 heterocycles. The number of hydrogen-bond acceptors (Lipinski definition) is 2. The minimum atomic E-state index is -0.481. The summed E-state index contributed by atoms with van der Waals surface area (Å²) in [7, 11) is 1.54. The highest BCUT2D eigenvalue weighted by molar-refractivity contribution is 6.03. The second-order valence-corrected chi connectivity index (χ2v) is 3.94. The molecule has 4 N–H and O–H groups in total. The van der Waals surface area contributed by atoms with Gasteiger partial charge in [0.2, 0.25) is 0 Å². The number of amides is 1. The molecule has 0 radical (unpaired) electrons. The smallest absolute Gasteiger partial charge is 0.283 e. The maximum Gasteiger partial charge on any atom is 0.283 e. The lowest BCUT2D eigenvalue weighted by Gasteiger charge is -2.11. The SMILES string of the molecule is CCCCc1cccc(C(=O)N=C(N)N)c1OC.Cl. The minimum absolute atomic E-state index is 0. The number of hydrogen-bond donors (Lipinski definition) is 2. The number of unbranched alkanes of at least 4 members (excludes halogenated alkanes) is 1. The molecule has 0 aliphatic heterocycles. The normalized spacial score (nSPS) is 9.37. The Kier molecular flexibility index (Phi) is 7.60. The van der Waals surface area contributed by atoms with Crippen molar-refractivity contribution in [3.63, 3.8) is 0 Å². The summed E-state index contributed by atoms with van der Waals surface area (Å²) >= 11 is 0. The topological polar surface area (TPSA) is 90.7 Å². The number of halogens is 1. The molecule has 0 aromatic heterocycles. The van der Waals surface area contributed by atoms with E-state index in [1.807, 2.05) is 12.1 Å². The molecule has 0 aliphatic carbocycles. The van der Waals surface area contributed by atoms with Gasteiger partial charge in [0.05, 0.1) is 12.7 Å². The molecule has 5 nitrogen and oxygen atoms in total. The van der Waals surface area contributed by atoms with E-state index in [0.717, 1.165) is 24.8 Å². The molecular weight excluding hydrogens is 266 g/mol. The fourth-order valence-corrected chi connectivity index (χ4v) is 1.74. The number of carbonyl (C=O) groups excluding carboxylic acids is 1. The molecule has 0 saturated carbocycles. The van der Waals surface area contributed by atoms with Crippen LogP contribution in [-0.4, -0.2) is 19.0 Å². The maximum absolute atomic E-state index is 11.8. The average molecular weight is 286 g/mol. The number of carbonyl (C=O) groups is 1. The number of aliphatic imine (C=N–C) groups is 1. The van der Waals surface area contributed by atoms with Crippen LogP contribution in [0.2, 0.25) is 0 Å². The van der Waals surface area contributed by atoms with Crippen molar-refractivity contribution in [3.8, 4) is 5.75 Å². The van der Waals surface area contributed by atoms with Crippen molar-refractivity contribution >= 4 is 24.3 Å². The van der Waals surface area contributed by atoms with Gasteiger partial charge in [-0.15, -0.1) is 12.4 Å². The van der Waals surface area contributed by atoms with E-state index in [0.29, 0.717) is 11.3 Å². The number of benzene rings is 1. The predicted molar refractivity (Wildman–Crippen MR) is 79.0 cm³/mol. The monoisotopic (exact) mass is 285 g/mol. The largest absolute Gasteiger partial charge is 0.496 e. The summed E-state index contributed by atoms with van der Waals surface area (Å²) in [4.78, 5) is 15.4. The van der Waals surface area contributed by atoms with Gasteiger partial charge in [0.15, 0.2) is 5.96 Å². The Morgan fingerprint density at radius 2 is 2.05 bits per heavy atom. The van der Waals surface area contributed by atoms with Crippen LogP contribution in [-0.2, 0) is 6.42 Å². The van der Waals surface area contributed by atoms with Crippen LogP contribution in [0.3, 0.4) is 0 Å². The van der Waals surface area contributed by atoms with Gasteiger partial charge in [-0.25, -0.2) is 0 Å². The van der Waals surface area contributed by atoms with Crippen LogP contribution in [0.4, 0.5) is 0 Å². The van der Waals surface area contributed by atoms with Crippen LogP contribution in [0.1, 0.15) is 35.7 Å². The standard InChI is InChI=1S/C13H19N3O2.ClH/c1-3-4-6-9-7-5-8-10(11(9)18-2)12(17)16-13(14)15;/h5,7-8H,3-4,6H2,1-2H3,(H4,14,15,16,17);1H. The van der Waals surface area contributed by atoms with E-state index in [4.69, 9.17) is 16.2 Å². The second kappa shape index (κ2) is 8.37. The van der Waals surface area contributed by atoms with Crippen molar-refractivity contribution in [3.05, 3.63) is 29.3 Å². The maximum atomic E-state index is 11.8. The highest BCUT2D eigenvalue weighted by Crippen LogP contribution is 2.26. The van der Waals surface area contributed by atoms with E-state index in [-0.39, 0.29) is 18.4 Å². The van der Waals surface area contributed by atoms with E-state index in [9.17, 15) is 4.79 Å². The average Bonchev–Trinajstić information content (AvgIpc) is 2.34. The van der Waals surface area contributed by atoms with Gasteiger partial charge in [0.25, 0.3) is 5.91 Å². The predicted octanol–water partition coefficient (Wildman–Crippen LogP) is 1.87. The molecule has 19 heavy (non-hydrogen) atoms. The van der Waals surface area contributed by atoms with E-state index < -0.39 is 5.91 Å². The summed E-state index contributed by atoms with van der Waals surface area (Å²) in [5, 5.41) is 0. The van der Waals surface area contributed by atoms with E-state index in [1.54, 1.807) is 6.07 Å². The third-order valence-electron chi connectivity index (χ3n) is 2.56. The lowest BCUT2D eigenvalue weighted by molar-refractivity contribution is 0.0999. The fourth-order valence-electron chi connectivity index (χ4n) is 1.74. The van der Waals surface area contributed by atoms with Crippen molar-refractivity contribution in [1.29, 1.82) is 0 Å². The molecule has 0 aliphatic rings. The molecule has 1 aromatic carbocycles. The van der Waals surface area contributed by atoms with Crippen LogP contribution >= 0.6 is 12.4 Å². The molecule has 0 saturated heterocycles. The Hall–Kier alpha value is -1.75. The van der Waals surface area contributed by atoms with Gasteiger partial charge >= 0.3 is 0 Å². The van der Waals surface area contributed by atoms with Crippen molar-refractivity contribution < 1.29 is 9.53 Å². The molecule has 0 atom stereocenters. The Labute approximate surface area is 119 Å². The number of guanidine groups is 1. The summed E-state index contributed by atoms with van der Waals surface area (Å²) in [6, 6.07) is 5.41. The Morgan fingerprint density at radius 3 is 2.58 bits per heavy atom. The van der Waals surface area contributed by atoms with Gasteiger partial charge in [-0.3, -0.25) is 4.79 Å². The molecule has 1 aromatic rings. The first-order valence-corrected chi connectivity index (χ1v) is 5.90. The van der Waals surface area contributed by atoms with E-state index in [2.05, 4.69) is 11.9 Å². The molecule has 6 heteroatoms. The lowest BCUT2D eigenvalue weighted by atomic mass is 10.0. The molecule has 0 unspecified atom stereocenters. The molecule has 1 amide bonds. The Balaban J connectivity index is 0.00000324. The third kappa shape index (κ3) is 4.79. The number of aryl methyl sites for hydroxylation is 1. The molecule has 1 rings (SSSR count). The van der Waals surface area contributed by atoms with Crippen LogP contribution in [0, 0.1) is 0 Å². The van der Waals surface area contributed by atoms with Crippen molar-refractivity contribution in [2.24, 2.45) is 16.5 Å². The minimum Gasteiger partial charge on any atom is -0.496 e. The second-order valence-electron chi connectivity index (χ2n) is 3.94. The van der Waals surface area contributed by atoms with Crippen LogP contribution < -0.4 is 16.2 Å². The third-order valence-corrected chi connectivity index (χ3v) is 2.56. The van der Waals surface area contributed by atoms with Crippen molar-refractivity contribution in [2.45, 2.75) is 26.2 Å². The van der Waals surface area contributed by atoms with Crippen LogP contribution in [0.5, 0.6) is 5.75 Å². The first-order chi connectivity index (χ1) is 8.60. The first kappa shape index (κ1) is 17.2. The zero-order valence-electron chi connectivity index (χ0n) is 11.2. The number of ether oxygens (including phenoxy) is 1. The quantitative estimate of drug-likeness (QED) is 0.638.